The molecule has 0 aliphatic carbocycles. The fourth-order valence-electron chi connectivity index (χ4n) is 3.18. The fraction of sp³-hybridized carbons (Fsp3) is 0.250. The molecule has 1 amide bonds. The molecule has 1 aliphatic rings. The van der Waals surface area contributed by atoms with E-state index in [-0.39, 0.29) is 12.0 Å². The number of amides is 1. The highest BCUT2D eigenvalue weighted by atomic mass is 16.5. The first-order valence-electron chi connectivity index (χ1n) is 8.53. The molecule has 5 heteroatoms. The summed E-state index contributed by atoms with van der Waals surface area (Å²) in [7, 11) is 0. The lowest BCUT2D eigenvalue weighted by atomic mass is 10.0. The summed E-state index contributed by atoms with van der Waals surface area (Å²) in [6.45, 7) is 1.29. The Bertz CT molecular complexity index is 890. The van der Waals surface area contributed by atoms with Crippen LogP contribution in [0.2, 0.25) is 0 Å². The molecule has 1 aliphatic heterocycles. The molecule has 3 aromatic rings. The molecule has 1 atom stereocenters. The van der Waals surface area contributed by atoms with Crippen LogP contribution in [0, 0.1) is 0 Å². The van der Waals surface area contributed by atoms with Crippen LogP contribution in [0.3, 0.4) is 0 Å². The number of nitrogens with one attached hydrogen (secondary N) is 1. The van der Waals surface area contributed by atoms with Gasteiger partial charge in [-0.25, -0.2) is 0 Å². The summed E-state index contributed by atoms with van der Waals surface area (Å²) < 4.78 is 5.60. The number of hydrogen-bond donors (Lipinski definition) is 1. The highest BCUT2D eigenvalue weighted by Crippen LogP contribution is 2.26. The third-order valence-corrected chi connectivity index (χ3v) is 4.46. The minimum absolute atomic E-state index is 0.102. The van der Waals surface area contributed by atoms with Gasteiger partial charge in [-0.15, -0.1) is 10.2 Å². The smallest absolute Gasteiger partial charge is 0.254 e. The first-order valence-corrected chi connectivity index (χ1v) is 8.53. The van der Waals surface area contributed by atoms with E-state index in [9.17, 15) is 4.79 Å². The van der Waals surface area contributed by atoms with Crippen LogP contribution in [0.5, 0.6) is 0 Å². The van der Waals surface area contributed by atoms with Crippen molar-refractivity contribution >= 4 is 16.8 Å². The summed E-state index contributed by atoms with van der Waals surface area (Å²) in [6, 6.07) is 17.3. The molecule has 1 fully saturated rings. The lowest BCUT2D eigenvalue weighted by Gasteiger charge is -2.14. The van der Waals surface area contributed by atoms with Crippen LogP contribution >= 0.6 is 0 Å². The number of nitrogens with zero attached hydrogens (tertiary/aromatic N) is 2. The van der Waals surface area contributed by atoms with E-state index in [1.54, 1.807) is 0 Å². The van der Waals surface area contributed by atoms with Crippen LogP contribution in [-0.2, 0) is 4.74 Å². The average Bonchev–Trinajstić information content (AvgIpc) is 3.19. The van der Waals surface area contributed by atoms with E-state index in [4.69, 9.17) is 4.74 Å². The van der Waals surface area contributed by atoms with Gasteiger partial charge < -0.3 is 10.1 Å². The van der Waals surface area contributed by atoms with Crippen LogP contribution in [0.1, 0.15) is 23.2 Å². The number of carbonyl (C=O) groups excluding carboxylic acids is 1. The van der Waals surface area contributed by atoms with E-state index in [1.165, 1.54) is 0 Å². The largest absolute Gasteiger partial charge is 0.376 e. The van der Waals surface area contributed by atoms with Gasteiger partial charge in [0.25, 0.3) is 5.91 Å². The maximum absolute atomic E-state index is 13.0. The predicted molar refractivity (Wildman–Crippen MR) is 96.3 cm³/mol. The zero-order chi connectivity index (χ0) is 17.1. The zero-order valence-corrected chi connectivity index (χ0v) is 13.8. The Kier molecular flexibility index (Phi) is 4.39. The molecule has 5 nitrogen and oxygen atoms in total. The Hall–Kier alpha value is -2.79. The van der Waals surface area contributed by atoms with E-state index in [0.29, 0.717) is 23.3 Å². The summed E-state index contributed by atoms with van der Waals surface area (Å²) in [5.41, 5.74) is 2.76. The van der Waals surface area contributed by atoms with Gasteiger partial charge in [-0.1, -0.05) is 48.5 Å². The lowest BCUT2D eigenvalue weighted by Crippen LogP contribution is -2.32. The summed E-state index contributed by atoms with van der Waals surface area (Å²) in [5, 5.41) is 12.4. The molecule has 0 saturated carbocycles. The molecular weight excluding hydrogens is 314 g/mol. The minimum atomic E-state index is -0.138. The van der Waals surface area contributed by atoms with Crippen molar-refractivity contribution in [1.29, 1.82) is 0 Å². The van der Waals surface area contributed by atoms with Gasteiger partial charge >= 0.3 is 0 Å². The van der Waals surface area contributed by atoms with E-state index in [0.717, 1.165) is 30.4 Å². The number of ether oxygens (including phenoxy) is 1. The molecule has 0 radical (unpaired) electrons. The average molecular weight is 333 g/mol. The van der Waals surface area contributed by atoms with Crippen LogP contribution in [0.15, 0.2) is 54.6 Å². The monoisotopic (exact) mass is 333 g/mol. The fourth-order valence-corrected chi connectivity index (χ4v) is 3.18. The third-order valence-electron chi connectivity index (χ3n) is 4.46. The first kappa shape index (κ1) is 15.7. The Morgan fingerprint density at radius 1 is 1.08 bits per heavy atom. The van der Waals surface area contributed by atoms with E-state index in [1.807, 2.05) is 54.6 Å². The molecule has 0 spiro atoms. The number of hydrogen-bond acceptors (Lipinski definition) is 4. The van der Waals surface area contributed by atoms with Gasteiger partial charge in [0, 0.05) is 24.1 Å². The highest BCUT2D eigenvalue weighted by Gasteiger charge is 2.21. The number of fused-ring (bicyclic) bond motifs is 1. The van der Waals surface area contributed by atoms with Gasteiger partial charge in [0.2, 0.25) is 0 Å². The maximum Gasteiger partial charge on any atom is 0.254 e. The molecule has 4 rings (SSSR count). The molecule has 25 heavy (non-hydrogen) atoms. The van der Waals surface area contributed by atoms with Crippen LogP contribution in [0.4, 0.5) is 0 Å². The molecule has 1 unspecified atom stereocenters. The summed E-state index contributed by atoms with van der Waals surface area (Å²) >= 11 is 0. The third kappa shape index (κ3) is 3.23. The van der Waals surface area contributed by atoms with Crippen molar-refractivity contribution in [3.63, 3.8) is 0 Å². The molecule has 2 heterocycles. The Morgan fingerprint density at radius 3 is 2.68 bits per heavy atom. The number of rotatable bonds is 4. The second-order valence-corrected chi connectivity index (χ2v) is 6.15. The standard InChI is InChI=1S/C20H19N3O2/c24-20(21-13-15-9-6-12-25-15)18-16-10-4-5-11-17(16)22-23-19(18)14-7-2-1-3-8-14/h1-5,7-8,10-11,15H,6,9,12-13H2,(H,21,24). The molecule has 1 N–H and O–H groups in total. The van der Waals surface area contributed by atoms with Crippen molar-refractivity contribution in [2.75, 3.05) is 13.2 Å². The molecule has 0 bridgehead atoms. The summed E-state index contributed by atoms with van der Waals surface area (Å²) in [6.07, 6.45) is 2.14. The van der Waals surface area contributed by atoms with Gasteiger partial charge in [0.05, 0.1) is 17.2 Å². The summed E-state index contributed by atoms with van der Waals surface area (Å²) in [5.74, 6) is -0.138. The zero-order valence-electron chi connectivity index (χ0n) is 13.8. The maximum atomic E-state index is 13.0. The van der Waals surface area contributed by atoms with Gasteiger partial charge in [-0.05, 0) is 18.9 Å². The second-order valence-electron chi connectivity index (χ2n) is 6.15. The quantitative estimate of drug-likeness (QED) is 0.796. The van der Waals surface area contributed by atoms with Crippen molar-refractivity contribution in [2.24, 2.45) is 0 Å². The van der Waals surface area contributed by atoms with Crippen LogP contribution in [0.25, 0.3) is 22.2 Å². The Labute approximate surface area is 146 Å². The molecule has 1 saturated heterocycles. The number of aromatic nitrogens is 2. The highest BCUT2D eigenvalue weighted by molar-refractivity contribution is 6.10. The lowest BCUT2D eigenvalue weighted by molar-refractivity contribution is 0.0859. The minimum Gasteiger partial charge on any atom is -0.376 e. The van der Waals surface area contributed by atoms with Crippen molar-refractivity contribution in [1.82, 2.24) is 15.5 Å². The van der Waals surface area contributed by atoms with E-state index < -0.39 is 0 Å². The van der Waals surface area contributed by atoms with Gasteiger partial charge in [-0.3, -0.25) is 4.79 Å². The van der Waals surface area contributed by atoms with E-state index in [2.05, 4.69) is 15.5 Å². The van der Waals surface area contributed by atoms with Crippen molar-refractivity contribution in [3.05, 3.63) is 60.2 Å². The first-order chi connectivity index (χ1) is 12.3. The molecule has 2 aromatic carbocycles. The Morgan fingerprint density at radius 2 is 1.88 bits per heavy atom. The van der Waals surface area contributed by atoms with Gasteiger partial charge in [0.15, 0.2) is 0 Å². The Balaban J connectivity index is 1.74. The van der Waals surface area contributed by atoms with Gasteiger partial charge in [0.1, 0.15) is 5.69 Å². The number of carbonyl (C=O) groups is 1. The van der Waals surface area contributed by atoms with Crippen LogP contribution in [-0.4, -0.2) is 35.4 Å². The van der Waals surface area contributed by atoms with Gasteiger partial charge in [-0.2, -0.15) is 0 Å². The normalized spacial score (nSPS) is 16.9. The van der Waals surface area contributed by atoms with Crippen LogP contribution < -0.4 is 5.32 Å². The van der Waals surface area contributed by atoms with Crippen molar-refractivity contribution in [2.45, 2.75) is 18.9 Å². The van der Waals surface area contributed by atoms with Crippen molar-refractivity contribution < 1.29 is 9.53 Å². The number of benzene rings is 2. The topological polar surface area (TPSA) is 64.1 Å². The predicted octanol–water partition coefficient (Wildman–Crippen LogP) is 3.21. The van der Waals surface area contributed by atoms with E-state index >= 15 is 0 Å². The molecule has 126 valence electrons. The molecule has 1 aromatic heterocycles. The van der Waals surface area contributed by atoms with Crippen molar-refractivity contribution in [3.8, 4) is 11.3 Å². The SMILES string of the molecule is O=C(NCC1CCCO1)c1c(-c2ccccc2)nnc2ccccc12. The summed E-state index contributed by atoms with van der Waals surface area (Å²) in [4.78, 5) is 13.0. The second kappa shape index (κ2) is 6.99. The molecular formula is C20H19N3O2.